The third kappa shape index (κ3) is 2.68. The Kier molecular flexibility index (Phi) is 3.70. The van der Waals surface area contributed by atoms with Crippen LogP contribution in [0.15, 0.2) is 36.4 Å². The molecule has 1 aliphatic carbocycles. The maximum absolute atomic E-state index is 5.63. The van der Waals surface area contributed by atoms with Gasteiger partial charge in [0.25, 0.3) is 0 Å². The van der Waals surface area contributed by atoms with Gasteiger partial charge in [0.05, 0.1) is 0 Å². The average Bonchev–Trinajstić information content (AvgIpc) is 2.95. The van der Waals surface area contributed by atoms with Crippen molar-refractivity contribution in [1.82, 2.24) is 4.98 Å². The van der Waals surface area contributed by atoms with E-state index in [1.807, 2.05) is 0 Å². The van der Waals surface area contributed by atoms with E-state index in [1.165, 1.54) is 29.7 Å². The van der Waals surface area contributed by atoms with Crippen molar-refractivity contribution in [1.29, 1.82) is 0 Å². The van der Waals surface area contributed by atoms with Gasteiger partial charge in [0.15, 0.2) is 0 Å². The first-order valence-corrected chi connectivity index (χ1v) is 7.30. The van der Waals surface area contributed by atoms with Crippen molar-refractivity contribution in [3.05, 3.63) is 58.8 Å². The molecule has 3 rings (SSSR count). The fourth-order valence-electron chi connectivity index (χ4n) is 2.75. The fourth-order valence-corrected chi connectivity index (χ4v) is 2.75. The summed E-state index contributed by atoms with van der Waals surface area (Å²) in [6, 6.07) is 13.0. The van der Waals surface area contributed by atoms with Crippen molar-refractivity contribution in [2.45, 2.75) is 38.8 Å². The molecule has 1 aromatic carbocycles. The zero-order valence-electron chi connectivity index (χ0n) is 11.9. The second-order valence-electron chi connectivity index (χ2n) is 5.47. The summed E-state index contributed by atoms with van der Waals surface area (Å²) in [6.07, 6.45) is 3.53. The maximum atomic E-state index is 5.63. The van der Waals surface area contributed by atoms with E-state index in [1.54, 1.807) is 0 Å². The van der Waals surface area contributed by atoms with Crippen LogP contribution in [0.2, 0.25) is 0 Å². The number of nitrogens with one attached hydrogen (secondary N) is 1. The van der Waals surface area contributed by atoms with Crippen LogP contribution in [-0.2, 0) is 19.4 Å². The minimum absolute atomic E-state index is 0.244. The first-order chi connectivity index (χ1) is 9.76. The number of aryl methyl sites for hydroxylation is 2. The number of benzene rings is 1. The first kappa shape index (κ1) is 13.1. The Morgan fingerprint density at radius 2 is 1.95 bits per heavy atom. The van der Waals surface area contributed by atoms with E-state index in [2.05, 4.69) is 48.6 Å². The lowest BCUT2D eigenvalue weighted by Crippen LogP contribution is -2.09. The first-order valence-electron chi connectivity index (χ1n) is 7.30. The van der Waals surface area contributed by atoms with Gasteiger partial charge in [-0.2, -0.15) is 0 Å². The molecule has 2 aromatic rings. The molecule has 1 heterocycles. The molecule has 0 bridgehead atoms. The monoisotopic (exact) mass is 267 g/mol. The summed E-state index contributed by atoms with van der Waals surface area (Å²) < 4.78 is 0. The van der Waals surface area contributed by atoms with E-state index in [0.29, 0.717) is 6.54 Å². The normalized spacial score (nSPS) is 14.9. The van der Waals surface area contributed by atoms with Gasteiger partial charge in [-0.05, 0) is 48.9 Å². The van der Waals surface area contributed by atoms with Crippen LogP contribution < -0.4 is 11.1 Å². The molecular formula is C17H21N3. The number of rotatable bonds is 4. The molecule has 1 unspecified atom stereocenters. The molecule has 0 aliphatic heterocycles. The molecule has 0 saturated carbocycles. The van der Waals surface area contributed by atoms with Crippen LogP contribution in [0.1, 0.15) is 41.8 Å². The molecule has 104 valence electrons. The van der Waals surface area contributed by atoms with Crippen LogP contribution in [0.4, 0.5) is 5.82 Å². The zero-order chi connectivity index (χ0) is 13.9. The summed E-state index contributed by atoms with van der Waals surface area (Å²) in [4.78, 5) is 4.72. The quantitative estimate of drug-likeness (QED) is 0.894. The number of hydrogen-bond donors (Lipinski definition) is 2. The summed E-state index contributed by atoms with van der Waals surface area (Å²) in [7, 11) is 0. The molecule has 1 atom stereocenters. The predicted molar refractivity (Wildman–Crippen MR) is 82.6 cm³/mol. The largest absolute Gasteiger partial charge is 0.364 e. The number of hydrogen-bond acceptors (Lipinski definition) is 3. The van der Waals surface area contributed by atoms with Gasteiger partial charge >= 0.3 is 0 Å². The molecule has 0 radical (unpaired) electrons. The average molecular weight is 267 g/mol. The van der Waals surface area contributed by atoms with Crippen molar-refractivity contribution < 1.29 is 0 Å². The van der Waals surface area contributed by atoms with E-state index in [9.17, 15) is 0 Å². The van der Waals surface area contributed by atoms with Crippen molar-refractivity contribution in [2.24, 2.45) is 5.73 Å². The van der Waals surface area contributed by atoms with Gasteiger partial charge in [-0.15, -0.1) is 0 Å². The smallest absolute Gasteiger partial charge is 0.126 e. The van der Waals surface area contributed by atoms with E-state index in [4.69, 9.17) is 10.7 Å². The summed E-state index contributed by atoms with van der Waals surface area (Å²) in [5.41, 5.74) is 10.7. The highest BCUT2D eigenvalue weighted by Gasteiger charge is 2.13. The second-order valence-corrected chi connectivity index (χ2v) is 5.47. The molecule has 1 aromatic heterocycles. The number of aromatic nitrogens is 1. The Bertz CT molecular complexity index is 590. The molecule has 20 heavy (non-hydrogen) atoms. The van der Waals surface area contributed by atoms with Crippen molar-refractivity contribution in [2.75, 3.05) is 5.32 Å². The number of nitrogens with zero attached hydrogens (tertiary/aromatic N) is 1. The highest BCUT2D eigenvalue weighted by molar-refractivity contribution is 5.42. The Hall–Kier alpha value is -1.87. The standard InChI is InChI=1S/C17H21N3/c1-12(14-7-5-13(11-18)6-8-14)19-17-10-9-15-3-2-4-16(15)20-17/h5-10,12H,2-4,11,18H2,1H3,(H,19,20). The molecule has 1 aliphatic rings. The van der Waals surface area contributed by atoms with Crippen molar-refractivity contribution in [3.63, 3.8) is 0 Å². The number of nitrogens with two attached hydrogens (primary N) is 1. The van der Waals surface area contributed by atoms with E-state index >= 15 is 0 Å². The molecule has 0 fully saturated rings. The third-order valence-electron chi connectivity index (χ3n) is 4.01. The lowest BCUT2D eigenvalue weighted by atomic mass is 10.1. The summed E-state index contributed by atoms with van der Waals surface area (Å²) >= 11 is 0. The second kappa shape index (κ2) is 5.63. The highest BCUT2D eigenvalue weighted by Crippen LogP contribution is 2.24. The van der Waals surface area contributed by atoms with Gasteiger partial charge in [0.2, 0.25) is 0 Å². The fraction of sp³-hybridized carbons (Fsp3) is 0.353. The van der Waals surface area contributed by atoms with Gasteiger partial charge in [0.1, 0.15) is 5.82 Å². The molecule has 3 nitrogen and oxygen atoms in total. The van der Waals surface area contributed by atoms with Crippen molar-refractivity contribution in [3.8, 4) is 0 Å². The number of pyridine rings is 1. The molecule has 3 heteroatoms. The summed E-state index contributed by atoms with van der Waals surface area (Å²) in [5, 5.41) is 3.48. The van der Waals surface area contributed by atoms with Crippen LogP contribution in [-0.4, -0.2) is 4.98 Å². The van der Waals surface area contributed by atoms with Crippen molar-refractivity contribution >= 4 is 5.82 Å². The Morgan fingerprint density at radius 3 is 2.70 bits per heavy atom. The molecule has 0 spiro atoms. The highest BCUT2D eigenvalue weighted by atomic mass is 15.0. The molecule has 3 N–H and O–H groups in total. The third-order valence-corrected chi connectivity index (χ3v) is 4.01. The lowest BCUT2D eigenvalue weighted by Gasteiger charge is -2.16. The topological polar surface area (TPSA) is 50.9 Å². The number of anilines is 1. The zero-order valence-corrected chi connectivity index (χ0v) is 11.9. The minimum Gasteiger partial charge on any atom is -0.364 e. The predicted octanol–water partition coefficient (Wildman–Crippen LogP) is 3.20. The SMILES string of the molecule is CC(Nc1ccc2c(n1)CCC2)c1ccc(CN)cc1. The van der Waals surface area contributed by atoms with Crippen LogP contribution in [0.25, 0.3) is 0 Å². The van der Waals surface area contributed by atoms with E-state index in [-0.39, 0.29) is 6.04 Å². The molecular weight excluding hydrogens is 246 g/mol. The number of fused-ring (bicyclic) bond motifs is 1. The van der Waals surface area contributed by atoms with Crippen LogP contribution in [0.3, 0.4) is 0 Å². The molecule has 0 saturated heterocycles. The van der Waals surface area contributed by atoms with Gasteiger partial charge in [-0.3, -0.25) is 0 Å². The maximum Gasteiger partial charge on any atom is 0.126 e. The Labute approximate surface area is 120 Å². The van der Waals surface area contributed by atoms with Gasteiger partial charge in [-0.25, -0.2) is 4.98 Å². The summed E-state index contributed by atoms with van der Waals surface area (Å²) in [5.74, 6) is 0.973. The lowest BCUT2D eigenvalue weighted by molar-refractivity contribution is 0.864. The van der Waals surface area contributed by atoms with Gasteiger partial charge < -0.3 is 11.1 Å². The summed E-state index contributed by atoms with van der Waals surface area (Å²) in [6.45, 7) is 2.75. The Balaban J connectivity index is 1.73. The van der Waals surface area contributed by atoms with Gasteiger partial charge in [-0.1, -0.05) is 30.3 Å². The minimum atomic E-state index is 0.244. The Morgan fingerprint density at radius 1 is 1.15 bits per heavy atom. The van der Waals surface area contributed by atoms with Crippen LogP contribution in [0, 0.1) is 0 Å². The van der Waals surface area contributed by atoms with Gasteiger partial charge in [0, 0.05) is 18.3 Å². The van der Waals surface area contributed by atoms with E-state index in [0.717, 1.165) is 17.8 Å². The van der Waals surface area contributed by atoms with E-state index < -0.39 is 0 Å². The van der Waals surface area contributed by atoms with Crippen LogP contribution in [0.5, 0.6) is 0 Å². The van der Waals surface area contributed by atoms with Crippen LogP contribution >= 0.6 is 0 Å². The molecule has 0 amide bonds.